The van der Waals surface area contributed by atoms with Crippen LogP contribution in [-0.4, -0.2) is 27.8 Å². The third-order valence-corrected chi connectivity index (χ3v) is 4.36. The number of aromatic nitrogens is 3. The molecule has 1 amide bonds. The maximum atomic E-state index is 14.3. The fourth-order valence-electron chi connectivity index (χ4n) is 2.87. The number of carbonyl (C=O) groups excluding carboxylic acids is 1. The van der Waals surface area contributed by atoms with Gasteiger partial charge in [0.15, 0.2) is 5.82 Å². The Morgan fingerprint density at radius 2 is 1.67 bits per heavy atom. The predicted octanol–water partition coefficient (Wildman–Crippen LogP) is 4.47. The lowest BCUT2D eigenvalue weighted by Crippen LogP contribution is -2.11. The van der Waals surface area contributed by atoms with E-state index in [-0.39, 0.29) is 23.3 Å². The van der Waals surface area contributed by atoms with Crippen molar-refractivity contribution in [2.45, 2.75) is 0 Å². The number of nitrogens with one attached hydrogen (secondary N) is 1. The van der Waals surface area contributed by atoms with E-state index in [9.17, 15) is 13.6 Å². The van der Waals surface area contributed by atoms with Crippen molar-refractivity contribution in [3.8, 4) is 23.1 Å². The second-order valence-corrected chi connectivity index (χ2v) is 6.32. The molecule has 0 bridgehead atoms. The number of halogens is 2. The summed E-state index contributed by atoms with van der Waals surface area (Å²) in [5, 5.41) is 6.99. The van der Waals surface area contributed by atoms with Gasteiger partial charge < -0.3 is 10.1 Å². The van der Waals surface area contributed by atoms with Gasteiger partial charge in [0, 0.05) is 11.3 Å². The zero-order chi connectivity index (χ0) is 21.1. The molecule has 0 atom stereocenters. The van der Waals surface area contributed by atoms with Crippen LogP contribution in [0, 0.1) is 11.6 Å². The van der Waals surface area contributed by atoms with Gasteiger partial charge in [-0.2, -0.15) is 4.98 Å². The van der Waals surface area contributed by atoms with Crippen molar-refractivity contribution < 1.29 is 18.3 Å². The third-order valence-electron chi connectivity index (χ3n) is 4.36. The molecular weight excluding hydrogens is 390 g/mol. The van der Waals surface area contributed by atoms with E-state index >= 15 is 0 Å². The summed E-state index contributed by atoms with van der Waals surface area (Å²) in [5.74, 6) is -0.924. The molecule has 0 aliphatic rings. The van der Waals surface area contributed by atoms with Crippen molar-refractivity contribution in [1.82, 2.24) is 14.8 Å². The molecule has 4 rings (SSSR count). The van der Waals surface area contributed by atoms with Crippen LogP contribution < -0.4 is 10.1 Å². The Bertz CT molecular complexity index is 1190. The second kappa shape index (κ2) is 8.12. The Kier molecular flexibility index (Phi) is 5.21. The van der Waals surface area contributed by atoms with Crippen molar-refractivity contribution in [2.75, 3.05) is 12.4 Å². The standard InChI is InChI=1S/C22H16F2N4O2/c1-30-22-26-20(18-4-2-3-5-19(18)24)28(27-22)17-12-10-16(11-13-17)25-21(29)14-6-8-15(23)9-7-14/h2-13H,1H3,(H,25,29). The lowest BCUT2D eigenvalue weighted by Gasteiger charge is -2.09. The highest BCUT2D eigenvalue weighted by molar-refractivity contribution is 6.04. The highest BCUT2D eigenvalue weighted by atomic mass is 19.1. The first-order chi connectivity index (χ1) is 14.5. The van der Waals surface area contributed by atoms with Crippen LogP contribution in [0.5, 0.6) is 6.01 Å². The SMILES string of the molecule is COc1nc(-c2ccccc2F)n(-c2ccc(NC(=O)c3ccc(F)cc3)cc2)n1. The topological polar surface area (TPSA) is 69.0 Å². The van der Waals surface area contributed by atoms with Crippen LogP contribution in [0.4, 0.5) is 14.5 Å². The molecule has 4 aromatic rings. The molecule has 150 valence electrons. The van der Waals surface area contributed by atoms with Crippen molar-refractivity contribution in [3.05, 3.63) is 90.0 Å². The van der Waals surface area contributed by atoms with Crippen LogP contribution in [0.1, 0.15) is 10.4 Å². The van der Waals surface area contributed by atoms with Gasteiger partial charge in [0.1, 0.15) is 11.6 Å². The van der Waals surface area contributed by atoms with Gasteiger partial charge in [0.25, 0.3) is 5.91 Å². The van der Waals surface area contributed by atoms with Crippen molar-refractivity contribution in [2.24, 2.45) is 0 Å². The number of ether oxygens (including phenoxy) is 1. The fraction of sp³-hybridized carbons (Fsp3) is 0.0455. The van der Waals surface area contributed by atoms with E-state index in [0.29, 0.717) is 16.9 Å². The van der Waals surface area contributed by atoms with Gasteiger partial charge in [0.05, 0.1) is 18.4 Å². The number of rotatable bonds is 5. The Balaban J connectivity index is 1.61. The van der Waals surface area contributed by atoms with Crippen LogP contribution in [-0.2, 0) is 0 Å². The number of hydrogen-bond donors (Lipinski definition) is 1. The molecule has 8 heteroatoms. The average Bonchev–Trinajstić information content (AvgIpc) is 3.19. The third kappa shape index (κ3) is 3.88. The van der Waals surface area contributed by atoms with Crippen molar-refractivity contribution in [3.63, 3.8) is 0 Å². The lowest BCUT2D eigenvalue weighted by atomic mass is 10.2. The number of amides is 1. The number of nitrogens with zero attached hydrogens (tertiary/aromatic N) is 3. The molecule has 3 aromatic carbocycles. The van der Waals surface area contributed by atoms with Gasteiger partial charge in [-0.3, -0.25) is 4.79 Å². The summed E-state index contributed by atoms with van der Waals surface area (Å²) in [6.07, 6.45) is 0. The van der Waals surface area contributed by atoms with Crippen LogP contribution in [0.15, 0.2) is 72.8 Å². The molecule has 0 saturated carbocycles. The second-order valence-electron chi connectivity index (χ2n) is 6.32. The van der Waals surface area contributed by atoms with E-state index in [1.807, 2.05) is 0 Å². The summed E-state index contributed by atoms with van der Waals surface area (Å²) >= 11 is 0. The molecular formula is C22H16F2N4O2. The van der Waals surface area contributed by atoms with Gasteiger partial charge in [0.2, 0.25) is 0 Å². The number of carbonyl (C=O) groups is 1. The summed E-state index contributed by atoms with van der Waals surface area (Å²) in [4.78, 5) is 16.5. The summed E-state index contributed by atoms with van der Waals surface area (Å²) < 4.78 is 33.9. The first-order valence-electron chi connectivity index (χ1n) is 8.98. The summed E-state index contributed by atoms with van der Waals surface area (Å²) in [5.41, 5.74) is 1.75. The van der Waals surface area contributed by atoms with E-state index in [2.05, 4.69) is 15.4 Å². The Morgan fingerprint density at radius 3 is 2.33 bits per heavy atom. The first kappa shape index (κ1) is 19.3. The normalized spacial score (nSPS) is 10.6. The maximum absolute atomic E-state index is 14.3. The van der Waals surface area contributed by atoms with Crippen LogP contribution in [0.25, 0.3) is 17.1 Å². The minimum absolute atomic E-state index is 0.0990. The first-order valence-corrected chi connectivity index (χ1v) is 8.98. The monoisotopic (exact) mass is 406 g/mol. The molecule has 0 fully saturated rings. The van der Waals surface area contributed by atoms with E-state index in [0.717, 1.165) is 0 Å². The lowest BCUT2D eigenvalue weighted by molar-refractivity contribution is 0.102. The van der Waals surface area contributed by atoms with Gasteiger partial charge in [-0.1, -0.05) is 12.1 Å². The van der Waals surface area contributed by atoms with Crippen LogP contribution in [0.2, 0.25) is 0 Å². The van der Waals surface area contributed by atoms with Crippen molar-refractivity contribution in [1.29, 1.82) is 0 Å². The molecule has 0 saturated heterocycles. The summed E-state index contributed by atoms with van der Waals surface area (Å²) in [7, 11) is 1.43. The number of hydrogen-bond acceptors (Lipinski definition) is 4. The largest absolute Gasteiger partial charge is 0.466 e. The molecule has 1 N–H and O–H groups in total. The molecule has 0 spiro atoms. The molecule has 6 nitrogen and oxygen atoms in total. The minimum Gasteiger partial charge on any atom is -0.466 e. The Hall–Kier alpha value is -4.07. The zero-order valence-electron chi connectivity index (χ0n) is 15.8. The quantitative estimate of drug-likeness (QED) is 0.531. The molecule has 0 aliphatic heterocycles. The van der Waals surface area contributed by atoms with Crippen LogP contribution >= 0.6 is 0 Å². The van der Waals surface area contributed by atoms with E-state index < -0.39 is 11.6 Å². The number of benzene rings is 3. The van der Waals surface area contributed by atoms with Crippen LogP contribution in [0.3, 0.4) is 0 Å². The number of methoxy groups -OCH3 is 1. The Labute approximate surface area is 170 Å². The highest BCUT2D eigenvalue weighted by Crippen LogP contribution is 2.26. The smallest absolute Gasteiger partial charge is 0.336 e. The van der Waals surface area contributed by atoms with Gasteiger partial charge in [-0.15, -0.1) is 5.10 Å². The molecule has 0 radical (unpaired) electrons. The molecule has 0 unspecified atom stereocenters. The summed E-state index contributed by atoms with van der Waals surface area (Å²) in [6, 6.07) is 18.4. The fourth-order valence-corrected chi connectivity index (χ4v) is 2.87. The number of anilines is 1. The molecule has 1 aromatic heterocycles. The molecule has 1 heterocycles. The average molecular weight is 406 g/mol. The van der Waals surface area contributed by atoms with Gasteiger partial charge in [-0.05, 0) is 60.7 Å². The van der Waals surface area contributed by atoms with E-state index in [1.54, 1.807) is 42.5 Å². The minimum atomic E-state index is -0.433. The van der Waals surface area contributed by atoms with Crippen molar-refractivity contribution >= 4 is 11.6 Å². The molecule has 0 aliphatic carbocycles. The highest BCUT2D eigenvalue weighted by Gasteiger charge is 2.17. The van der Waals surface area contributed by atoms with Gasteiger partial charge >= 0.3 is 6.01 Å². The summed E-state index contributed by atoms with van der Waals surface area (Å²) in [6.45, 7) is 0. The maximum Gasteiger partial charge on any atom is 0.336 e. The van der Waals surface area contributed by atoms with Gasteiger partial charge in [-0.25, -0.2) is 13.5 Å². The zero-order valence-corrected chi connectivity index (χ0v) is 15.8. The Morgan fingerprint density at radius 1 is 0.967 bits per heavy atom. The van der Waals surface area contributed by atoms with E-state index in [1.165, 1.54) is 42.1 Å². The molecule has 30 heavy (non-hydrogen) atoms. The predicted molar refractivity (Wildman–Crippen MR) is 108 cm³/mol. The van der Waals surface area contributed by atoms with E-state index in [4.69, 9.17) is 4.74 Å².